The highest BCUT2D eigenvalue weighted by Crippen LogP contribution is 2.16. The number of thiazole rings is 1. The molecule has 1 rings (SSSR count). The van der Waals surface area contributed by atoms with E-state index in [1.807, 2.05) is 11.6 Å². The quantitative estimate of drug-likeness (QED) is 0.762. The van der Waals surface area contributed by atoms with Gasteiger partial charge in [0.25, 0.3) is 0 Å². The summed E-state index contributed by atoms with van der Waals surface area (Å²) >= 11 is 1.63. The zero-order valence-electron chi connectivity index (χ0n) is 8.16. The highest BCUT2D eigenvalue weighted by atomic mass is 32.1. The number of aromatic nitrogens is 1. The molecular weight excluding hydrogens is 182 g/mol. The molecular formula is C9H17N3S. The van der Waals surface area contributed by atoms with Gasteiger partial charge in [-0.2, -0.15) is 0 Å². The fraction of sp³-hybridized carbons (Fsp3) is 0.667. The Bertz CT molecular complexity index is 221. The van der Waals surface area contributed by atoms with Crippen LogP contribution in [0.15, 0.2) is 11.6 Å². The zero-order chi connectivity index (χ0) is 9.68. The lowest BCUT2D eigenvalue weighted by atomic mass is 10.0. The van der Waals surface area contributed by atoms with Gasteiger partial charge in [-0.25, -0.2) is 4.98 Å². The minimum atomic E-state index is 0.441. The largest absolute Gasteiger partial charge is 0.358 e. The molecule has 4 heteroatoms. The maximum absolute atomic E-state index is 5.54. The van der Waals surface area contributed by atoms with Crippen molar-refractivity contribution in [2.75, 3.05) is 11.9 Å². The first-order chi connectivity index (χ1) is 6.24. The minimum Gasteiger partial charge on any atom is -0.358 e. The molecule has 3 nitrogen and oxygen atoms in total. The van der Waals surface area contributed by atoms with Crippen molar-refractivity contribution in [3.05, 3.63) is 11.6 Å². The molecule has 13 heavy (non-hydrogen) atoms. The molecule has 0 saturated carbocycles. The summed E-state index contributed by atoms with van der Waals surface area (Å²) in [5.74, 6) is 0.590. The van der Waals surface area contributed by atoms with E-state index in [1.165, 1.54) is 0 Å². The number of nitrogens with zero attached hydrogens (tertiary/aromatic N) is 1. The van der Waals surface area contributed by atoms with Crippen LogP contribution < -0.4 is 11.1 Å². The third-order valence-electron chi connectivity index (χ3n) is 2.02. The van der Waals surface area contributed by atoms with Gasteiger partial charge in [0.2, 0.25) is 0 Å². The van der Waals surface area contributed by atoms with Gasteiger partial charge in [0.1, 0.15) is 0 Å². The molecule has 0 aliphatic carbocycles. The Morgan fingerprint density at radius 2 is 2.38 bits per heavy atom. The molecule has 1 atom stereocenters. The predicted octanol–water partition coefficient (Wildman–Crippen LogP) is 1.93. The summed E-state index contributed by atoms with van der Waals surface area (Å²) in [6.45, 7) is 5.11. The number of nitrogens with two attached hydrogens (primary N) is 1. The zero-order valence-corrected chi connectivity index (χ0v) is 8.97. The van der Waals surface area contributed by atoms with Crippen molar-refractivity contribution < 1.29 is 0 Å². The van der Waals surface area contributed by atoms with E-state index in [2.05, 4.69) is 24.1 Å². The van der Waals surface area contributed by atoms with Crippen LogP contribution in [0.5, 0.6) is 0 Å². The second-order valence-corrected chi connectivity index (χ2v) is 4.30. The Balaban J connectivity index is 2.47. The standard InChI is InChI=1S/C9H17N3S/c1-7(2)8(3-4-10)12-9-11-5-6-13-9/h5-8H,3-4,10H2,1-2H3,(H,11,12). The summed E-state index contributed by atoms with van der Waals surface area (Å²) in [6.07, 6.45) is 2.81. The van der Waals surface area contributed by atoms with Gasteiger partial charge < -0.3 is 11.1 Å². The summed E-state index contributed by atoms with van der Waals surface area (Å²) < 4.78 is 0. The van der Waals surface area contributed by atoms with Gasteiger partial charge in [-0.15, -0.1) is 11.3 Å². The SMILES string of the molecule is CC(C)C(CCN)Nc1nccs1. The molecule has 74 valence electrons. The van der Waals surface area contributed by atoms with Gasteiger partial charge in [-0.05, 0) is 18.9 Å². The van der Waals surface area contributed by atoms with E-state index in [0.29, 0.717) is 12.0 Å². The van der Waals surface area contributed by atoms with Crippen LogP contribution in [0.25, 0.3) is 0 Å². The number of rotatable bonds is 5. The van der Waals surface area contributed by atoms with Gasteiger partial charge in [0.15, 0.2) is 5.13 Å². The molecule has 0 spiro atoms. The first kappa shape index (κ1) is 10.5. The molecule has 1 aromatic heterocycles. The third kappa shape index (κ3) is 3.32. The van der Waals surface area contributed by atoms with Crippen LogP contribution in [-0.4, -0.2) is 17.6 Å². The van der Waals surface area contributed by atoms with E-state index < -0.39 is 0 Å². The summed E-state index contributed by atoms with van der Waals surface area (Å²) in [7, 11) is 0. The van der Waals surface area contributed by atoms with Crippen molar-refractivity contribution in [2.45, 2.75) is 26.3 Å². The second kappa shape index (κ2) is 5.19. The van der Waals surface area contributed by atoms with E-state index >= 15 is 0 Å². The maximum Gasteiger partial charge on any atom is 0.182 e. The van der Waals surface area contributed by atoms with Gasteiger partial charge >= 0.3 is 0 Å². The highest BCUT2D eigenvalue weighted by Gasteiger charge is 2.12. The monoisotopic (exact) mass is 199 g/mol. The van der Waals surface area contributed by atoms with Crippen molar-refractivity contribution in [2.24, 2.45) is 11.7 Å². The molecule has 3 N–H and O–H groups in total. The summed E-state index contributed by atoms with van der Waals surface area (Å²) in [4.78, 5) is 4.19. The van der Waals surface area contributed by atoms with Gasteiger partial charge in [0, 0.05) is 17.6 Å². The van der Waals surface area contributed by atoms with Crippen molar-refractivity contribution in [1.29, 1.82) is 0 Å². The Morgan fingerprint density at radius 3 is 2.85 bits per heavy atom. The Kier molecular flexibility index (Phi) is 4.18. The van der Waals surface area contributed by atoms with Crippen LogP contribution in [0.2, 0.25) is 0 Å². The van der Waals surface area contributed by atoms with Crippen LogP contribution in [0, 0.1) is 5.92 Å². The highest BCUT2D eigenvalue weighted by molar-refractivity contribution is 7.13. The topological polar surface area (TPSA) is 50.9 Å². The smallest absolute Gasteiger partial charge is 0.182 e. The van der Waals surface area contributed by atoms with Crippen molar-refractivity contribution >= 4 is 16.5 Å². The molecule has 0 fully saturated rings. The third-order valence-corrected chi connectivity index (χ3v) is 2.73. The number of hydrogen-bond donors (Lipinski definition) is 2. The average Bonchev–Trinajstić information content (AvgIpc) is 2.56. The van der Waals surface area contributed by atoms with E-state index in [-0.39, 0.29) is 0 Å². The molecule has 0 saturated heterocycles. The van der Waals surface area contributed by atoms with Gasteiger partial charge in [-0.1, -0.05) is 13.8 Å². The molecule has 1 heterocycles. The molecule has 0 bridgehead atoms. The molecule has 0 radical (unpaired) electrons. The van der Waals surface area contributed by atoms with E-state index in [0.717, 1.165) is 18.1 Å². The number of anilines is 1. The summed E-state index contributed by atoms with van der Waals surface area (Å²) in [5, 5.41) is 6.35. The van der Waals surface area contributed by atoms with Crippen LogP contribution in [0.1, 0.15) is 20.3 Å². The van der Waals surface area contributed by atoms with Crippen molar-refractivity contribution in [3.8, 4) is 0 Å². The van der Waals surface area contributed by atoms with Crippen molar-refractivity contribution in [1.82, 2.24) is 4.98 Å². The molecule has 1 unspecified atom stereocenters. The van der Waals surface area contributed by atoms with E-state index in [9.17, 15) is 0 Å². The molecule has 0 aromatic carbocycles. The average molecular weight is 199 g/mol. The maximum atomic E-state index is 5.54. The summed E-state index contributed by atoms with van der Waals surface area (Å²) in [5.41, 5.74) is 5.54. The van der Waals surface area contributed by atoms with Gasteiger partial charge in [0.05, 0.1) is 0 Å². The number of nitrogens with one attached hydrogen (secondary N) is 1. The molecule has 0 aliphatic rings. The minimum absolute atomic E-state index is 0.441. The first-order valence-corrected chi connectivity index (χ1v) is 5.48. The van der Waals surface area contributed by atoms with E-state index in [4.69, 9.17) is 5.73 Å². The van der Waals surface area contributed by atoms with Crippen molar-refractivity contribution in [3.63, 3.8) is 0 Å². The number of hydrogen-bond acceptors (Lipinski definition) is 4. The molecule has 1 aromatic rings. The van der Waals surface area contributed by atoms with Gasteiger partial charge in [-0.3, -0.25) is 0 Å². The normalized spacial score (nSPS) is 13.2. The lowest BCUT2D eigenvalue weighted by Gasteiger charge is -2.20. The Labute approximate surface area is 83.4 Å². The predicted molar refractivity (Wildman–Crippen MR) is 58.0 cm³/mol. The second-order valence-electron chi connectivity index (χ2n) is 3.41. The summed E-state index contributed by atoms with van der Waals surface area (Å²) in [6, 6.07) is 0.441. The lowest BCUT2D eigenvalue weighted by Crippen LogP contribution is -2.28. The Morgan fingerprint density at radius 1 is 1.62 bits per heavy atom. The molecule has 0 aliphatic heterocycles. The van der Waals surface area contributed by atoms with Crippen LogP contribution in [0.3, 0.4) is 0 Å². The lowest BCUT2D eigenvalue weighted by molar-refractivity contribution is 0.498. The van der Waals surface area contributed by atoms with Crippen LogP contribution in [0.4, 0.5) is 5.13 Å². The molecule has 0 amide bonds. The Hall–Kier alpha value is -0.610. The van der Waals surface area contributed by atoms with Crippen LogP contribution >= 0.6 is 11.3 Å². The fourth-order valence-electron chi connectivity index (χ4n) is 1.21. The first-order valence-electron chi connectivity index (χ1n) is 4.60. The van der Waals surface area contributed by atoms with Crippen LogP contribution in [-0.2, 0) is 0 Å². The van der Waals surface area contributed by atoms with E-state index in [1.54, 1.807) is 11.3 Å². The fourth-order valence-corrected chi connectivity index (χ4v) is 1.80.